The third kappa shape index (κ3) is 10.5. The van der Waals surface area contributed by atoms with E-state index in [9.17, 15) is 9.59 Å². The molecule has 8 heteroatoms. The van der Waals surface area contributed by atoms with Crippen molar-refractivity contribution in [1.82, 2.24) is 4.90 Å². The number of fused-ring (bicyclic) bond motifs is 3. The molecule has 0 bridgehead atoms. The van der Waals surface area contributed by atoms with Crippen LogP contribution in [0.25, 0.3) is 21.5 Å². The van der Waals surface area contributed by atoms with E-state index in [0.717, 1.165) is 34.4 Å². The van der Waals surface area contributed by atoms with E-state index in [1.165, 1.54) is 0 Å². The van der Waals surface area contributed by atoms with E-state index < -0.39 is 5.97 Å². The van der Waals surface area contributed by atoms with Crippen molar-refractivity contribution < 1.29 is 14.3 Å². The van der Waals surface area contributed by atoms with Crippen molar-refractivity contribution in [2.75, 3.05) is 13.1 Å². The molecule has 0 atom stereocenters. The normalized spacial score (nSPS) is 11.5. The Morgan fingerprint density at radius 2 is 1.38 bits per heavy atom. The number of ether oxygens (including phenoxy) is 1. The van der Waals surface area contributed by atoms with Crippen LogP contribution in [-0.4, -0.2) is 40.9 Å². The van der Waals surface area contributed by atoms with Gasteiger partial charge < -0.3 is 21.1 Å². The fourth-order valence-electron chi connectivity index (χ4n) is 4.10. The molecule has 3 rings (SSSR count). The number of halogens is 2. The molecule has 0 aliphatic carbocycles. The quantitative estimate of drug-likeness (QED) is 0.174. The lowest BCUT2D eigenvalue weighted by atomic mass is 9.99. The molecular formula is C29H41Cl2N3O3. The van der Waals surface area contributed by atoms with Crippen LogP contribution < -0.4 is 16.2 Å². The molecule has 0 saturated heterocycles. The number of rotatable bonds is 11. The van der Waals surface area contributed by atoms with Gasteiger partial charge in [0.15, 0.2) is 0 Å². The van der Waals surface area contributed by atoms with E-state index in [-0.39, 0.29) is 54.6 Å². The molecule has 204 valence electrons. The first-order chi connectivity index (χ1) is 16.4. The number of hydrogen-bond acceptors (Lipinski definition) is 5. The summed E-state index contributed by atoms with van der Waals surface area (Å²) in [6, 6.07) is 17.9. The zero-order valence-electron chi connectivity index (χ0n) is 22.3. The number of carbonyl (C=O) groups is 2. The number of carbonyl (C=O) groups excluding carboxylic acids is 2. The van der Waals surface area contributed by atoms with E-state index in [1.54, 1.807) is 11.0 Å². The Morgan fingerprint density at radius 3 is 2.03 bits per heavy atom. The van der Waals surface area contributed by atoms with Crippen LogP contribution in [0.2, 0.25) is 0 Å². The van der Waals surface area contributed by atoms with E-state index >= 15 is 0 Å². The molecule has 0 fully saturated rings. The summed E-state index contributed by atoms with van der Waals surface area (Å²) in [6.07, 6.45) is 2.42. The molecule has 0 unspecified atom stereocenters. The molecule has 3 aromatic carbocycles. The van der Waals surface area contributed by atoms with Gasteiger partial charge in [0.05, 0.1) is 6.42 Å². The summed E-state index contributed by atoms with van der Waals surface area (Å²) in [5.41, 5.74) is 11.6. The average Bonchev–Trinajstić information content (AvgIpc) is 2.78. The van der Waals surface area contributed by atoms with Crippen LogP contribution in [0.3, 0.4) is 0 Å². The summed E-state index contributed by atoms with van der Waals surface area (Å²) in [5.74, 6) is 0.00360. The Labute approximate surface area is 232 Å². The highest BCUT2D eigenvalue weighted by atomic mass is 35.5. The molecule has 3 aromatic rings. The number of benzene rings is 3. The lowest BCUT2D eigenvalue weighted by Gasteiger charge is -2.28. The van der Waals surface area contributed by atoms with Gasteiger partial charge in [0.1, 0.15) is 5.75 Å². The highest BCUT2D eigenvalue weighted by molar-refractivity contribution is 6.08. The fourth-order valence-corrected chi connectivity index (χ4v) is 4.10. The summed E-state index contributed by atoms with van der Waals surface area (Å²) < 4.78 is 5.60. The molecule has 0 spiro atoms. The zero-order chi connectivity index (χ0) is 25.6. The first-order valence-electron chi connectivity index (χ1n) is 12.4. The Hall–Kier alpha value is -2.38. The first-order valence-corrected chi connectivity index (χ1v) is 12.4. The molecule has 0 saturated carbocycles. The minimum atomic E-state index is -0.417. The lowest BCUT2D eigenvalue weighted by molar-refractivity contribution is -0.139. The van der Waals surface area contributed by atoms with E-state index in [2.05, 4.69) is 24.3 Å². The van der Waals surface area contributed by atoms with Crippen LogP contribution in [0.1, 0.15) is 59.8 Å². The molecular weight excluding hydrogens is 509 g/mol. The van der Waals surface area contributed by atoms with Crippen LogP contribution in [-0.2, 0) is 9.59 Å². The SMILES string of the molecule is CC(C)(N)CCCN(CCC(C)(C)N)C(=O)CCC(=O)Oc1ccc2ccc3ccccc3c2c1.Cl.Cl. The molecule has 0 aliphatic rings. The largest absolute Gasteiger partial charge is 0.426 e. The van der Waals surface area contributed by atoms with Crippen molar-refractivity contribution in [3.63, 3.8) is 0 Å². The van der Waals surface area contributed by atoms with Crippen LogP contribution in [0.15, 0.2) is 54.6 Å². The van der Waals surface area contributed by atoms with Crippen molar-refractivity contribution in [2.24, 2.45) is 11.5 Å². The van der Waals surface area contributed by atoms with E-state index in [1.807, 2.05) is 52.0 Å². The average molecular weight is 551 g/mol. The summed E-state index contributed by atoms with van der Waals surface area (Å²) in [6.45, 7) is 9.01. The zero-order valence-corrected chi connectivity index (χ0v) is 23.9. The molecule has 0 heterocycles. The van der Waals surface area contributed by atoms with Gasteiger partial charge in [-0.2, -0.15) is 0 Å². The maximum atomic E-state index is 12.9. The highest BCUT2D eigenvalue weighted by Gasteiger charge is 2.20. The topological polar surface area (TPSA) is 98.6 Å². The second-order valence-electron chi connectivity index (χ2n) is 10.9. The lowest BCUT2D eigenvalue weighted by Crippen LogP contribution is -2.41. The second-order valence-corrected chi connectivity index (χ2v) is 10.9. The van der Waals surface area contributed by atoms with Gasteiger partial charge in [-0.15, -0.1) is 24.8 Å². The molecule has 6 nitrogen and oxygen atoms in total. The Bertz CT molecular complexity index is 1190. The van der Waals surface area contributed by atoms with Crippen molar-refractivity contribution in [2.45, 2.75) is 70.9 Å². The third-order valence-electron chi connectivity index (χ3n) is 6.12. The summed E-state index contributed by atoms with van der Waals surface area (Å²) in [7, 11) is 0. The number of hydrogen-bond donors (Lipinski definition) is 2. The number of nitrogens with two attached hydrogens (primary N) is 2. The fraction of sp³-hybridized carbons (Fsp3) is 0.448. The molecule has 1 amide bonds. The van der Waals surface area contributed by atoms with Crippen molar-refractivity contribution >= 4 is 58.2 Å². The predicted molar refractivity (Wildman–Crippen MR) is 158 cm³/mol. The Kier molecular flexibility index (Phi) is 12.3. The Balaban J connectivity index is 0.00000342. The third-order valence-corrected chi connectivity index (χ3v) is 6.12. The van der Waals surface area contributed by atoms with Gasteiger partial charge in [-0.25, -0.2) is 0 Å². The summed E-state index contributed by atoms with van der Waals surface area (Å²) in [5, 5.41) is 4.35. The standard InChI is InChI=1S/C29H39N3O3.2ClH/c1-28(2,30)16-7-18-32(19-17-29(3,4)31)26(33)14-15-27(34)35-23-13-12-22-11-10-21-8-5-6-9-24(21)25(22)20-23;;/h5-6,8-13,20H,7,14-19,30-31H2,1-4H3;2*1H. The second kappa shape index (κ2) is 14.0. The first kappa shape index (κ1) is 32.6. The van der Waals surface area contributed by atoms with Gasteiger partial charge in [0, 0.05) is 30.6 Å². The van der Waals surface area contributed by atoms with E-state index in [0.29, 0.717) is 25.3 Å². The van der Waals surface area contributed by atoms with Crippen LogP contribution in [0, 0.1) is 0 Å². The van der Waals surface area contributed by atoms with Crippen LogP contribution >= 0.6 is 24.8 Å². The highest BCUT2D eigenvalue weighted by Crippen LogP contribution is 2.28. The van der Waals surface area contributed by atoms with Gasteiger partial charge >= 0.3 is 5.97 Å². The molecule has 37 heavy (non-hydrogen) atoms. The van der Waals surface area contributed by atoms with E-state index in [4.69, 9.17) is 16.2 Å². The molecule has 0 aromatic heterocycles. The summed E-state index contributed by atoms with van der Waals surface area (Å²) in [4.78, 5) is 27.3. The van der Waals surface area contributed by atoms with Gasteiger partial charge in [-0.3, -0.25) is 9.59 Å². The Morgan fingerprint density at radius 1 is 0.784 bits per heavy atom. The van der Waals surface area contributed by atoms with Gasteiger partial charge in [-0.05, 0) is 80.6 Å². The number of amides is 1. The smallest absolute Gasteiger partial charge is 0.311 e. The van der Waals surface area contributed by atoms with Gasteiger partial charge in [-0.1, -0.05) is 42.5 Å². The number of esters is 1. The predicted octanol–water partition coefficient (Wildman–Crippen LogP) is 6.00. The van der Waals surface area contributed by atoms with Crippen molar-refractivity contribution in [3.05, 3.63) is 54.6 Å². The summed E-state index contributed by atoms with van der Waals surface area (Å²) >= 11 is 0. The van der Waals surface area contributed by atoms with Gasteiger partial charge in [0.2, 0.25) is 5.91 Å². The van der Waals surface area contributed by atoms with Crippen molar-refractivity contribution in [3.8, 4) is 5.75 Å². The maximum Gasteiger partial charge on any atom is 0.311 e. The minimum absolute atomic E-state index is 0. The molecule has 0 radical (unpaired) electrons. The van der Waals surface area contributed by atoms with Crippen LogP contribution in [0.5, 0.6) is 5.75 Å². The molecule has 4 N–H and O–H groups in total. The van der Waals surface area contributed by atoms with Crippen LogP contribution in [0.4, 0.5) is 0 Å². The minimum Gasteiger partial charge on any atom is -0.426 e. The maximum absolute atomic E-state index is 12.9. The van der Waals surface area contributed by atoms with Gasteiger partial charge in [0.25, 0.3) is 0 Å². The monoisotopic (exact) mass is 549 g/mol. The molecule has 0 aliphatic heterocycles. The number of nitrogens with zero attached hydrogens (tertiary/aromatic N) is 1. The van der Waals surface area contributed by atoms with Crippen molar-refractivity contribution in [1.29, 1.82) is 0 Å².